The number of aromatic nitrogens is 1. The molecule has 3 atom stereocenters. The number of hydrogen-bond acceptors (Lipinski definition) is 6. The van der Waals surface area contributed by atoms with Crippen molar-refractivity contribution in [2.24, 2.45) is 5.92 Å². The Morgan fingerprint density at radius 1 is 1.03 bits per heavy atom. The molecule has 0 radical (unpaired) electrons. The molecule has 5 rings (SSSR count). The zero-order valence-corrected chi connectivity index (χ0v) is 18.4. The van der Waals surface area contributed by atoms with Gasteiger partial charge in [-0.1, -0.05) is 18.9 Å². The summed E-state index contributed by atoms with van der Waals surface area (Å²) in [6, 6.07) is 5.15. The second kappa shape index (κ2) is 8.05. The van der Waals surface area contributed by atoms with Gasteiger partial charge in [-0.05, 0) is 37.3 Å². The van der Waals surface area contributed by atoms with E-state index < -0.39 is 10.0 Å². The van der Waals surface area contributed by atoms with Gasteiger partial charge < -0.3 is 9.80 Å². The molecule has 0 aromatic carbocycles. The first kappa shape index (κ1) is 20.7. The van der Waals surface area contributed by atoms with Crippen LogP contribution in [-0.2, 0) is 14.8 Å². The Kier molecular flexibility index (Phi) is 5.37. The number of imide groups is 1. The van der Waals surface area contributed by atoms with Crippen LogP contribution in [0.1, 0.15) is 32.1 Å². The third-order valence-corrected chi connectivity index (χ3v) is 9.12. The minimum absolute atomic E-state index is 0.0646. The topological polar surface area (TPSA) is 94.1 Å². The zero-order chi connectivity index (χ0) is 21.6. The number of rotatable bonds is 5. The number of hydrogen-bond donors (Lipinski definition) is 0. The summed E-state index contributed by atoms with van der Waals surface area (Å²) in [5.41, 5.74) is 0. The Bertz CT molecular complexity index is 948. The Morgan fingerprint density at radius 3 is 2.55 bits per heavy atom. The first-order chi connectivity index (χ1) is 15.0. The van der Waals surface area contributed by atoms with Gasteiger partial charge in [0, 0.05) is 45.0 Å². The lowest BCUT2D eigenvalue weighted by atomic mass is 9.84. The molecule has 3 saturated heterocycles. The van der Waals surface area contributed by atoms with Crippen molar-refractivity contribution in [3.05, 3.63) is 24.4 Å². The van der Waals surface area contributed by atoms with Crippen LogP contribution in [0.15, 0.2) is 24.4 Å². The molecule has 1 aromatic heterocycles. The van der Waals surface area contributed by atoms with Crippen LogP contribution in [0.2, 0.25) is 0 Å². The molecule has 1 saturated carbocycles. The molecule has 10 heteroatoms. The van der Waals surface area contributed by atoms with E-state index in [1.807, 2.05) is 18.2 Å². The molecular weight excluding hydrogens is 418 g/mol. The number of sulfonamides is 1. The van der Waals surface area contributed by atoms with Gasteiger partial charge in [-0.15, -0.1) is 0 Å². The van der Waals surface area contributed by atoms with Crippen LogP contribution in [-0.4, -0.2) is 90.0 Å². The van der Waals surface area contributed by atoms with Gasteiger partial charge in [0.25, 0.3) is 5.91 Å². The van der Waals surface area contributed by atoms with Crippen molar-refractivity contribution < 1.29 is 18.0 Å². The molecule has 9 nitrogen and oxygen atoms in total. The van der Waals surface area contributed by atoms with Crippen molar-refractivity contribution in [1.29, 1.82) is 0 Å². The van der Waals surface area contributed by atoms with Crippen LogP contribution >= 0.6 is 0 Å². The van der Waals surface area contributed by atoms with Gasteiger partial charge in [0.15, 0.2) is 0 Å². The molecule has 3 aliphatic heterocycles. The highest BCUT2D eigenvalue weighted by Gasteiger charge is 2.55. The molecule has 4 aliphatic rings. The Morgan fingerprint density at radius 2 is 1.81 bits per heavy atom. The van der Waals surface area contributed by atoms with E-state index in [2.05, 4.69) is 9.88 Å². The van der Waals surface area contributed by atoms with E-state index in [-0.39, 0.29) is 36.3 Å². The first-order valence-electron chi connectivity index (χ1n) is 11.2. The number of carbonyl (C=O) groups is 2. The Balaban J connectivity index is 1.18. The van der Waals surface area contributed by atoms with Crippen molar-refractivity contribution in [3.8, 4) is 0 Å². The van der Waals surface area contributed by atoms with Gasteiger partial charge in [-0.2, -0.15) is 4.31 Å². The lowest BCUT2D eigenvalue weighted by Gasteiger charge is -2.35. The maximum absolute atomic E-state index is 13.0. The third-order valence-electron chi connectivity index (χ3n) is 7.27. The maximum Gasteiger partial charge on any atom is 0.327 e. The predicted molar refractivity (Wildman–Crippen MR) is 115 cm³/mol. The van der Waals surface area contributed by atoms with Crippen molar-refractivity contribution in [3.63, 3.8) is 0 Å². The van der Waals surface area contributed by atoms with E-state index in [0.29, 0.717) is 32.1 Å². The summed E-state index contributed by atoms with van der Waals surface area (Å²) < 4.78 is 27.3. The van der Waals surface area contributed by atoms with Crippen LogP contribution in [0.3, 0.4) is 0 Å². The number of pyridine rings is 1. The number of fused-ring (bicyclic) bond motifs is 3. The van der Waals surface area contributed by atoms with Crippen LogP contribution < -0.4 is 4.90 Å². The van der Waals surface area contributed by atoms with Crippen molar-refractivity contribution >= 4 is 27.8 Å². The number of nitrogens with zero attached hydrogens (tertiary/aromatic N) is 5. The number of urea groups is 1. The molecule has 1 aromatic rings. The highest BCUT2D eigenvalue weighted by Crippen LogP contribution is 2.43. The normalized spacial score (nSPS) is 29.4. The SMILES string of the molecule is O=C1[C@@H]2C[C@H]3CCCC[C@H]3N2C(=O)N1CCS(=O)(=O)N1CCN(c2ccccn2)CC1. The lowest BCUT2D eigenvalue weighted by Crippen LogP contribution is -2.50. The molecule has 168 valence electrons. The van der Waals surface area contributed by atoms with E-state index in [9.17, 15) is 18.0 Å². The quantitative estimate of drug-likeness (QED) is 0.628. The zero-order valence-electron chi connectivity index (χ0n) is 17.6. The minimum atomic E-state index is -3.55. The molecule has 3 amide bonds. The smallest absolute Gasteiger partial charge is 0.327 e. The summed E-state index contributed by atoms with van der Waals surface area (Å²) in [5.74, 6) is 0.833. The molecule has 4 heterocycles. The average molecular weight is 448 g/mol. The number of carbonyl (C=O) groups excluding carboxylic acids is 2. The van der Waals surface area contributed by atoms with Crippen LogP contribution in [0.4, 0.5) is 10.6 Å². The second-order valence-corrected chi connectivity index (χ2v) is 11.0. The molecular formula is C21H29N5O4S. The highest BCUT2D eigenvalue weighted by atomic mass is 32.2. The van der Waals surface area contributed by atoms with Crippen molar-refractivity contribution in [1.82, 2.24) is 19.1 Å². The van der Waals surface area contributed by atoms with Crippen LogP contribution in [0.5, 0.6) is 0 Å². The fourth-order valence-corrected chi connectivity index (χ4v) is 7.04. The van der Waals surface area contributed by atoms with Gasteiger partial charge in [0.2, 0.25) is 10.0 Å². The van der Waals surface area contributed by atoms with Crippen molar-refractivity contribution in [2.45, 2.75) is 44.2 Å². The van der Waals surface area contributed by atoms with Gasteiger partial charge in [-0.25, -0.2) is 18.2 Å². The summed E-state index contributed by atoms with van der Waals surface area (Å²) >= 11 is 0. The highest BCUT2D eigenvalue weighted by molar-refractivity contribution is 7.89. The lowest BCUT2D eigenvalue weighted by molar-refractivity contribution is -0.127. The van der Waals surface area contributed by atoms with Gasteiger partial charge in [-0.3, -0.25) is 9.69 Å². The largest absolute Gasteiger partial charge is 0.354 e. The van der Waals surface area contributed by atoms with Crippen molar-refractivity contribution in [2.75, 3.05) is 43.4 Å². The average Bonchev–Trinajstić information content (AvgIpc) is 3.29. The molecule has 4 fully saturated rings. The molecule has 0 N–H and O–H groups in total. The second-order valence-electron chi connectivity index (χ2n) is 8.93. The molecule has 0 bridgehead atoms. The monoisotopic (exact) mass is 447 g/mol. The van der Waals surface area contributed by atoms with E-state index in [4.69, 9.17) is 0 Å². The van der Waals surface area contributed by atoms with Crippen LogP contribution in [0, 0.1) is 5.92 Å². The Labute approximate surface area is 183 Å². The van der Waals surface area contributed by atoms with E-state index >= 15 is 0 Å². The Hall–Kier alpha value is -2.20. The number of amides is 3. The third kappa shape index (κ3) is 3.69. The first-order valence-corrected chi connectivity index (χ1v) is 12.8. The van der Waals surface area contributed by atoms with Gasteiger partial charge in [0.05, 0.1) is 5.75 Å². The van der Waals surface area contributed by atoms with Gasteiger partial charge >= 0.3 is 6.03 Å². The van der Waals surface area contributed by atoms with Crippen LogP contribution in [0.25, 0.3) is 0 Å². The molecule has 31 heavy (non-hydrogen) atoms. The fraction of sp³-hybridized carbons (Fsp3) is 0.667. The van der Waals surface area contributed by atoms with E-state index in [0.717, 1.165) is 31.5 Å². The number of anilines is 1. The van der Waals surface area contributed by atoms with Gasteiger partial charge in [0.1, 0.15) is 11.9 Å². The minimum Gasteiger partial charge on any atom is -0.354 e. The van der Waals surface area contributed by atoms with E-state index in [1.165, 1.54) is 15.6 Å². The molecule has 0 spiro atoms. The summed E-state index contributed by atoms with van der Waals surface area (Å²) in [7, 11) is -3.55. The summed E-state index contributed by atoms with van der Waals surface area (Å²) in [4.78, 5) is 35.1. The molecule has 0 unspecified atom stereocenters. The summed E-state index contributed by atoms with van der Waals surface area (Å²) in [6.45, 7) is 1.82. The molecule has 1 aliphatic carbocycles. The standard InChI is InChI=1S/C21H29N5O4S/c27-20-18-15-16-5-1-2-6-17(16)26(18)21(28)25(20)13-14-31(29,30)24-11-9-23(10-12-24)19-7-3-4-8-22-19/h3-4,7-8,16-18H,1-2,5-6,9-15H2/t16-,17-,18+/m1/s1. The maximum atomic E-state index is 13.0. The van der Waals surface area contributed by atoms with E-state index in [1.54, 1.807) is 11.1 Å². The fourth-order valence-electron chi connectivity index (χ4n) is 5.65. The predicted octanol–water partition coefficient (Wildman–Crippen LogP) is 1.13. The summed E-state index contributed by atoms with van der Waals surface area (Å²) in [6.07, 6.45) is 6.74. The summed E-state index contributed by atoms with van der Waals surface area (Å²) in [5, 5.41) is 0. The number of piperazine rings is 1.